The number of halogens is 3. The topological polar surface area (TPSA) is 49.4 Å². The van der Waals surface area contributed by atoms with Crippen LogP contribution in [-0.2, 0) is 11.0 Å². The van der Waals surface area contributed by atoms with E-state index < -0.39 is 11.7 Å². The zero-order valence-corrected chi connectivity index (χ0v) is 16.9. The van der Waals surface area contributed by atoms with E-state index >= 15 is 0 Å². The average Bonchev–Trinajstić information content (AvgIpc) is 3.25. The number of likely N-dealkylation sites (tertiary alicyclic amines) is 1. The van der Waals surface area contributed by atoms with Gasteiger partial charge in [-0.05, 0) is 55.0 Å². The number of nitrogens with zero attached hydrogens (tertiary/aromatic N) is 1. The molecular formula is C21H23F3N2O2S. The number of nitrogens with one attached hydrogen (secondary N) is 1. The molecule has 0 spiro atoms. The Morgan fingerprint density at radius 1 is 1.17 bits per heavy atom. The molecule has 4 nitrogen and oxygen atoms in total. The smallest absolute Gasteiger partial charge is 0.348 e. The van der Waals surface area contributed by atoms with Gasteiger partial charge in [-0.1, -0.05) is 13.0 Å². The maximum atomic E-state index is 12.7. The fourth-order valence-corrected chi connectivity index (χ4v) is 4.34. The Labute approximate surface area is 171 Å². The van der Waals surface area contributed by atoms with Gasteiger partial charge in [0, 0.05) is 29.4 Å². The number of hydrogen-bond donors (Lipinski definition) is 1. The second-order valence-electron chi connectivity index (χ2n) is 7.13. The van der Waals surface area contributed by atoms with E-state index in [1.54, 1.807) is 16.2 Å². The lowest BCUT2D eigenvalue weighted by molar-refractivity contribution is -0.137. The number of hydrogen-bond acceptors (Lipinski definition) is 3. The van der Waals surface area contributed by atoms with Crippen molar-refractivity contribution >= 4 is 23.2 Å². The number of alkyl halides is 3. The molecule has 1 N–H and O–H groups in total. The van der Waals surface area contributed by atoms with Crippen molar-refractivity contribution < 1.29 is 22.8 Å². The zero-order valence-electron chi connectivity index (χ0n) is 16.0. The summed E-state index contributed by atoms with van der Waals surface area (Å²) in [5, 5.41) is 5.08. The molecule has 29 heavy (non-hydrogen) atoms. The van der Waals surface area contributed by atoms with Crippen molar-refractivity contribution in [2.75, 3.05) is 13.1 Å². The van der Waals surface area contributed by atoms with Crippen molar-refractivity contribution in [3.05, 3.63) is 57.8 Å². The monoisotopic (exact) mass is 424 g/mol. The van der Waals surface area contributed by atoms with Crippen molar-refractivity contribution in [1.29, 1.82) is 0 Å². The normalized spacial score (nSPS) is 16.5. The summed E-state index contributed by atoms with van der Waals surface area (Å²) in [7, 11) is 0. The first-order chi connectivity index (χ1) is 13.8. The van der Waals surface area contributed by atoms with Gasteiger partial charge in [-0.2, -0.15) is 13.2 Å². The Morgan fingerprint density at radius 2 is 1.83 bits per heavy atom. The molecule has 1 aromatic carbocycles. The van der Waals surface area contributed by atoms with Gasteiger partial charge in [-0.3, -0.25) is 9.59 Å². The molecular weight excluding hydrogens is 401 g/mol. The predicted molar refractivity (Wildman–Crippen MR) is 106 cm³/mol. The SMILES string of the molecule is CCC(NC(=O)C1CCN(C(=O)c2ccc(C(F)(F)F)cc2)CC1)c1cccs1. The van der Waals surface area contributed by atoms with Crippen molar-refractivity contribution in [2.45, 2.75) is 38.4 Å². The number of piperidine rings is 1. The minimum absolute atomic E-state index is 0.00527. The summed E-state index contributed by atoms with van der Waals surface area (Å²) in [4.78, 5) is 27.9. The molecule has 2 amide bonds. The first-order valence-corrected chi connectivity index (χ1v) is 10.5. The van der Waals surface area contributed by atoms with Gasteiger partial charge < -0.3 is 10.2 Å². The molecule has 0 radical (unpaired) electrons. The molecule has 1 fully saturated rings. The van der Waals surface area contributed by atoms with Crippen LogP contribution < -0.4 is 5.32 Å². The highest BCUT2D eigenvalue weighted by atomic mass is 32.1. The third-order valence-corrected chi connectivity index (χ3v) is 6.21. The lowest BCUT2D eigenvalue weighted by Gasteiger charge is -2.32. The molecule has 3 rings (SSSR count). The van der Waals surface area contributed by atoms with E-state index in [1.165, 1.54) is 12.1 Å². The standard InChI is InChI=1S/C21H23F3N2O2S/c1-2-17(18-4-3-13-29-18)25-19(27)14-9-11-26(12-10-14)20(28)15-5-7-16(8-6-15)21(22,23)24/h3-8,13-14,17H,2,9-12H2,1H3,(H,25,27). The van der Waals surface area contributed by atoms with Gasteiger partial charge in [0.15, 0.2) is 0 Å². The minimum atomic E-state index is -4.42. The lowest BCUT2D eigenvalue weighted by Crippen LogP contribution is -2.43. The third-order valence-electron chi connectivity index (χ3n) is 5.22. The number of carbonyl (C=O) groups excluding carboxylic acids is 2. The van der Waals surface area contributed by atoms with Crippen LogP contribution in [0.15, 0.2) is 41.8 Å². The van der Waals surface area contributed by atoms with Crippen LogP contribution in [-0.4, -0.2) is 29.8 Å². The van der Waals surface area contributed by atoms with Crippen LogP contribution in [0.5, 0.6) is 0 Å². The second-order valence-corrected chi connectivity index (χ2v) is 8.11. The summed E-state index contributed by atoms with van der Waals surface area (Å²) < 4.78 is 38.0. The van der Waals surface area contributed by atoms with Crippen LogP contribution in [0, 0.1) is 5.92 Å². The van der Waals surface area contributed by atoms with Gasteiger partial charge in [0.25, 0.3) is 5.91 Å². The molecule has 2 heterocycles. The Bertz CT molecular complexity index is 827. The molecule has 8 heteroatoms. The number of carbonyl (C=O) groups is 2. The average molecular weight is 424 g/mol. The van der Waals surface area contributed by atoms with Crippen molar-refractivity contribution in [3.8, 4) is 0 Å². The molecule has 0 saturated carbocycles. The van der Waals surface area contributed by atoms with Gasteiger partial charge >= 0.3 is 6.18 Å². The summed E-state index contributed by atoms with van der Waals surface area (Å²) in [5.41, 5.74) is -0.551. The van der Waals surface area contributed by atoms with E-state index in [9.17, 15) is 22.8 Å². The molecule has 0 bridgehead atoms. The number of rotatable bonds is 5. The molecule has 1 aliphatic rings. The Morgan fingerprint density at radius 3 is 2.34 bits per heavy atom. The van der Waals surface area contributed by atoms with Gasteiger partial charge in [0.05, 0.1) is 11.6 Å². The highest BCUT2D eigenvalue weighted by Gasteiger charge is 2.32. The summed E-state index contributed by atoms with van der Waals surface area (Å²) in [6.45, 7) is 2.84. The van der Waals surface area contributed by atoms with Crippen LogP contribution in [0.1, 0.15) is 53.0 Å². The van der Waals surface area contributed by atoms with Crippen LogP contribution in [0.2, 0.25) is 0 Å². The molecule has 1 unspecified atom stereocenters. The predicted octanol–water partition coefficient (Wildman–Crippen LogP) is 4.89. The quantitative estimate of drug-likeness (QED) is 0.743. The van der Waals surface area contributed by atoms with E-state index in [-0.39, 0.29) is 29.3 Å². The highest BCUT2D eigenvalue weighted by molar-refractivity contribution is 7.10. The maximum absolute atomic E-state index is 12.7. The first kappa shape index (κ1) is 21.4. The van der Waals surface area contributed by atoms with Gasteiger partial charge in [-0.25, -0.2) is 0 Å². The summed E-state index contributed by atoms with van der Waals surface area (Å²) >= 11 is 1.61. The second kappa shape index (κ2) is 8.98. The number of amides is 2. The van der Waals surface area contributed by atoms with E-state index in [2.05, 4.69) is 5.32 Å². The molecule has 1 aromatic heterocycles. The third kappa shape index (κ3) is 5.18. The molecule has 2 aromatic rings. The Balaban J connectivity index is 1.54. The Kier molecular flexibility index (Phi) is 6.62. The van der Waals surface area contributed by atoms with E-state index in [1.807, 2.05) is 24.4 Å². The number of thiophene rings is 1. The zero-order chi connectivity index (χ0) is 21.0. The van der Waals surface area contributed by atoms with Crippen LogP contribution >= 0.6 is 11.3 Å². The molecule has 1 atom stereocenters. The van der Waals surface area contributed by atoms with Gasteiger partial charge in [0.1, 0.15) is 0 Å². The maximum Gasteiger partial charge on any atom is 0.416 e. The Hall–Kier alpha value is -2.35. The van der Waals surface area contributed by atoms with E-state index in [4.69, 9.17) is 0 Å². The van der Waals surface area contributed by atoms with E-state index in [0.717, 1.165) is 23.4 Å². The summed E-state index contributed by atoms with van der Waals surface area (Å²) in [6.07, 6.45) is -2.54. The van der Waals surface area contributed by atoms with E-state index in [0.29, 0.717) is 25.9 Å². The minimum Gasteiger partial charge on any atom is -0.348 e. The fraction of sp³-hybridized carbons (Fsp3) is 0.429. The highest BCUT2D eigenvalue weighted by Crippen LogP contribution is 2.29. The van der Waals surface area contributed by atoms with Gasteiger partial charge in [-0.15, -0.1) is 11.3 Å². The van der Waals surface area contributed by atoms with Crippen molar-refractivity contribution in [3.63, 3.8) is 0 Å². The first-order valence-electron chi connectivity index (χ1n) is 9.60. The van der Waals surface area contributed by atoms with Gasteiger partial charge in [0.2, 0.25) is 5.91 Å². The summed E-state index contributed by atoms with van der Waals surface area (Å²) in [6, 6.07) is 8.21. The van der Waals surface area contributed by atoms with Crippen LogP contribution in [0.4, 0.5) is 13.2 Å². The summed E-state index contributed by atoms with van der Waals surface area (Å²) in [5.74, 6) is -0.477. The lowest BCUT2D eigenvalue weighted by atomic mass is 9.94. The molecule has 1 saturated heterocycles. The largest absolute Gasteiger partial charge is 0.416 e. The molecule has 156 valence electrons. The molecule has 0 aliphatic carbocycles. The number of benzene rings is 1. The fourth-order valence-electron chi connectivity index (χ4n) is 3.48. The van der Waals surface area contributed by atoms with Crippen LogP contribution in [0.3, 0.4) is 0 Å². The van der Waals surface area contributed by atoms with Crippen molar-refractivity contribution in [2.24, 2.45) is 5.92 Å². The van der Waals surface area contributed by atoms with Crippen LogP contribution in [0.25, 0.3) is 0 Å². The molecule has 1 aliphatic heterocycles. The van der Waals surface area contributed by atoms with Crippen molar-refractivity contribution in [1.82, 2.24) is 10.2 Å².